The van der Waals surface area contributed by atoms with Gasteiger partial charge in [-0.15, -0.1) is 17.5 Å². The molecule has 1 saturated heterocycles. The Morgan fingerprint density at radius 2 is 2.12 bits per heavy atom. The van der Waals surface area contributed by atoms with Crippen LogP contribution in [0.1, 0.15) is 29.0 Å². The zero-order valence-corrected chi connectivity index (χ0v) is 14.6. The van der Waals surface area contributed by atoms with E-state index in [1.807, 2.05) is 31.2 Å². The van der Waals surface area contributed by atoms with Crippen LogP contribution in [0.5, 0.6) is 5.75 Å². The van der Waals surface area contributed by atoms with E-state index in [-0.39, 0.29) is 24.4 Å². The van der Waals surface area contributed by atoms with Gasteiger partial charge < -0.3 is 15.4 Å². The van der Waals surface area contributed by atoms with Gasteiger partial charge >= 0.3 is 0 Å². The third kappa shape index (κ3) is 3.85. The lowest BCUT2D eigenvalue weighted by molar-refractivity contribution is 0.0925. The molecule has 1 aliphatic rings. The second-order valence-corrected chi connectivity index (χ2v) is 5.65. The van der Waals surface area contributed by atoms with Crippen LogP contribution in [-0.2, 0) is 0 Å². The minimum absolute atomic E-state index is 0. The van der Waals surface area contributed by atoms with Crippen molar-refractivity contribution < 1.29 is 9.53 Å². The average molecular weight is 352 g/mol. The number of piperidine rings is 1. The molecule has 1 amide bonds. The van der Waals surface area contributed by atoms with Gasteiger partial charge in [-0.05, 0) is 50.6 Å². The number of ether oxygens (including phenoxy) is 1. The summed E-state index contributed by atoms with van der Waals surface area (Å²) in [6.07, 6.45) is 2.06. The molecular formula is C16H22ClN5O2. The number of methoxy groups -OCH3 is 1. The highest BCUT2D eigenvalue weighted by Gasteiger charge is 2.21. The molecule has 1 aromatic carbocycles. The number of halogens is 1. The Balaban J connectivity index is 0.00000208. The van der Waals surface area contributed by atoms with E-state index in [1.165, 1.54) is 0 Å². The smallest absolute Gasteiger partial charge is 0.274 e. The first-order valence-corrected chi connectivity index (χ1v) is 7.77. The first-order chi connectivity index (χ1) is 11.2. The number of hydrogen-bond acceptors (Lipinski definition) is 5. The summed E-state index contributed by atoms with van der Waals surface area (Å²) in [5.41, 5.74) is 1.93. The summed E-state index contributed by atoms with van der Waals surface area (Å²) < 4.78 is 6.81. The van der Waals surface area contributed by atoms with Crippen LogP contribution in [-0.4, -0.2) is 47.1 Å². The Hall–Kier alpha value is -2.12. The predicted octanol–water partition coefficient (Wildman–Crippen LogP) is 1.49. The van der Waals surface area contributed by atoms with Crippen LogP contribution < -0.4 is 15.4 Å². The molecule has 2 N–H and O–H groups in total. The SMILES string of the molecule is COc1ccc(-n2nnc(C(=O)N[C@H]3CCCNC3)c2C)cc1.Cl. The third-order valence-electron chi connectivity index (χ3n) is 4.06. The van der Waals surface area contributed by atoms with Crippen LogP contribution in [0.4, 0.5) is 0 Å². The maximum atomic E-state index is 12.4. The number of rotatable bonds is 4. The van der Waals surface area contributed by atoms with Crippen LogP contribution in [0.25, 0.3) is 5.69 Å². The first kappa shape index (κ1) is 18.2. The van der Waals surface area contributed by atoms with E-state index in [2.05, 4.69) is 20.9 Å². The Bertz CT molecular complexity index is 680. The van der Waals surface area contributed by atoms with Crippen LogP contribution >= 0.6 is 12.4 Å². The van der Waals surface area contributed by atoms with E-state index in [0.29, 0.717) is 5.69 Å². The van der Waals surface area contributed by atoms with Crippen LogP contribution in [0.2, 0.25) is 0 Å². The van der Waals surface area contributed by atoms with Crippen LogP contribution in [0.15, 0.2) is 24.3 Å². The highest BCUT2D eigenvalue weighted by molar-refractivity contribution is 5.93. The molecule has 0 bridgehead atoms. The molecule has 24 heavy (non-hydrogen) atoms. The summed E-state index contributed by atoms with van der Waals surface area (Å²) in [6, 6.07) is 7.62. The van der Waals surface area contributed by atoms with Gasteiger partial charge in [0.05, 0.1) is 18.5 Å². The van der Waals surface area contributed by atoms with E-state index in [4.69, 9.17) is 4.74 Å². The molecular weight excluding hydrogens is 330 g/mol. The van der Waals surface area contributed by atoms with Gasteiger partial charge in [0, 0.05) is 12.6 Å². The second-order valence-electron chi connectivity index (χ2n) is 5.65. The summed E-state index contributed by atoms with van der Waals surface area (Å²) in [4.78, 5) is 12.4. The lowest BCUT2D eigenvalue weighted by atomic mass is 10.1. The summed E-state index contributed by atoms with van der Waals surface area (Å²) in [5, 5.41) is 14.5. The van der Waals surface area contributed by atoms with Crippen molar-refractivity contribution in [2.75, 3.05) is 20.2 Å². The summed E-state index contributed by atoms with van der Waals surface area (Å²) in [7, 11) is 1.62. The molecule has 0 unspecified atom stereocenters. The molecule has 3 rings (SSSR count). The molecule has 1 fully saturated rings. The molecule has 1 atom stereocenters. The van der Waals surface area contributed by atoms with Gasteiger partial charge in [-0.25, -0.2) is 4.68 Å². The van der Waals surface area contributed by atoms with Gasteiger partial charge in [0.15, 0.2) is 5.69 Å². The number of nitrogens with one attached hydrogen (secondary N) is 2. The molecule has 0 aliphatic carbocycles. The zero-order valence-electron chi connectivity index (χ0n) is 13.8. The van der Waals surface area contributed by atoms with E-state index in [9.17, 15) is 4.79 Å². The fourth-order valence-corrected chi connectivity index (χ4v) is 2.74. The number of carbonyl (C=O) groups excluding carboxylic acids is 1. The number of benzene rings is 1. The molecule has 2 heterocycles. The van der Waals surface area contributed by atoms with E-state index in [1.54, 1.807) is 11.8 Å². The number of amides is 1. The third-order valence-corrected chi connectivity index (χ3v) is 4.06. The highest BCUT2D eigenvalue weighted by atomic mass is 35.5. The Labute approximate surface area is 147 Å². The van der Waals surface area contributed by atoms with Gasteiger partial charge in [0.25, 0.3) is 5.91 Å². The van der Waals surface area contributed by atoms with Crippen molar-refractivity contribution in [1.29, 1.82) is 0 Å². The molecule has 0 spiro atoms. The molecule has 2 aromatic rings. The van der Waals surface area contributed by atoms with E-state index < -0.39 is 0 Å². The largest absolute Gasteiger partial charge is 0.497 e. The maximum Gasteiger partial charge on any atom is 0.274 e. The van der Waals surface area contributed by atoms with Crippen molar-refractivity contribution in [3.8, 4) is 11.4 Å². The molecule has 1 aromatic heterocycles. The Morgan fingerprint density at radius 3 is 2.75 bits per heavy atom. The highest BCUT2D eigenvalue weighted by Crippen LogP contribution is 2.17. The van der Waals surface area contributed by atoms with Crippen LogP contribution in [0.3, 0.4) is 0 Å². The van der Waals surface area contributed by atoms with Crippen molar-refractivity contribution in [3.05, 3.63) is 35.7 Å². The molecule has 0 saturated carbocycles. The Kier molecular flexibility index (Phi) is 6.16. The van der Waals surface area contributed by atoms with Gasteiger partial charge in [-0.1, -0.05) is 5.21 Å². The molecule has 0 radical (unpaired) electrons. The van der Waals surface area contributed by atoms with Gasteiger partial charge in [0.1, 0.15) is 5.75 Å². The fourth-order valence-electron chi connectivity index (χ4n) is 2.74. The topological polar surface area (TPSA) is 81.1 Å². The number of carbonyl (C=O) groups is 1. The summed E-state index contributed by atoms with van der Waals surface area (Å²) >= 11 is 0. The fraction of sp³-hybridized carbons (Fsp3) is 0.438. The van der Waals surface area contributed by atoms with Gasteiger partial charge in [-0.3, -0.25) is 4.79 Å². The maximum absolute atomic E-state index is 12.4. The standard InChI is InChI=1S/C16H21N5O2.ClH/c1-11-15(16(22)18-12-4-3-9-17-10-12)19-20-21(11)13-5-7-14(23-2)8-6-13;/h5-8,12,17H,3-4,9-10H2,1-2H3,(H,18,22);1H/t12-;/m0./s1. The van der Waals surface area contributed by atoms with Crippen molar-refractivity contribution in [1.82, 2.24) is 25.6 Å². The molecule has 1 aliphatic heterocycles. The van der Waals surface area contributed by atoms with Crippen LogP contribution in [0, 0.1) is 6.92 Å². The minimum atomic E-state index is -0.170. The molecule has 7 nitrogen and oxygen atoms in total. The lowest BCUT2D eigenvalue weighted by Gasteiger charge is -2.23. The first-order valence-electron chi connectivity index (χ1n) is 7.77. The minimum Gasteiger partial charge on any atom is -0.497 e. The average Bonchev–Trinajstić information content (AvgIpc) is 2.97. The van der Waals surface area contributed by atoms with E-state index in [0.717, 1.165) is 43.1 Å². The zero-order chi connectivity index (χ0) is 16.2. The number of nitrogens with zero attached hydrogens (tertiary/aromatic N) is 3. The molecule has 8 heteroatoms. The predicted molar refractivity (Wildman–Crippen MR) is 93.3 cm³/mol. The quantitative estimate of drug-likeness (QED) is 0.872. The lowest BCUT2D eigenvalue weighted by Crippen LogP contribution is -2.45. The van der Waals surface area contributed by atoms with Gasteiger partial charge in [-0.2, -0.15) is 0 Å². The van der Waals surface area contributed by atoms with Crippen molar-refractivity contribution in [3.63, 3.8) is 0 Å². The second kappa shape index (κ2) is 8.12. The summed E-state index contributed by atoms with van der Waals surface area (Å²) in [6.45, 7) is 3.66. The molecule has 130 valence electrons. The van der Waals surface area contributed by atoms with Crippen molar-refractivity contribution in [2.24, 2.45) is 0 Å². The van der Waals surface area contributed by atoms with Gasteiger partial charge in [0.2, 0.25) is 0 Å². The Morgan fingerprint density at radius 1 is 1.38 bits per heavy atom. The van der Waals surface area contributed by atoms with Crippen molar-refractivity contribution in [2.45, 2.75) is 25.8 Å². The monoisotopic (exact) mass is 351 g/mol. The number of aromatic nitrogens is 3. The van der Waals surface area contributed by atoms with Crippen molar-refractivity contribution >= 4 is 18.3 Å². The normalized spacial score (nSPS) is 17.0. The van der Waals surface area contributed by atoms with E-state index >= 15 is 0 Å². The summed E-state index contributed by atoms with van der Waals surface area (Å²) in [5.74, 6) is 0.602. The number of hydrogen-bond donors (Lipinski definition) is 2.